The highest BCUT2D eigenvalue weighted by Gasteiger charge is 2.41. The summed E-state index contributed by atoms with van der Waals surface area (Å²) in [6.45, 7) is 0. The van der Waals surface area contributed by atoms with Crippen LogP contribution in [0, 0.1) is 21.4 Å². The fraction of sp³-hybridized carbons (Fsp3) is 0.0800. The van der Waals surface area contributed by atoms with Gasteiger partial charge < -0.3 is 5.32 Å². The lowest BCUT2D eigenvalue weighted by Crippen LogP contribution is -2.30. The normalized spacial score (nSPS) is 16.4. The fourth-order valence-electron chi connectivity index (χ4n) is 3.55. The first kappa shape index (κ1) is 25.3. The van der Waals surface area contributed by atoms with Crippen LogP contribution in [0.5, 0.6) is 0 Å². The van der Waals surface area contributed by atoms with Crippen LogP contribution in [0.3, 0.4) is 0 Å². The molecule has 4 rings (SSSR count). The number of carbonyl (C=O) groups is 2. The van der Waals surface area contributed by atoms with Gasteiger partial charge in [-0.2, -0.15) is 5.26 Å². The van der Waals surface area contributed by atoms with Gasteiger partial charge >= 0.3 is 0 Å². The molecule has 1 heterocycles. The van der Waals surface area contributed by atoms with Crippen molar-refractivity contribution >= 4 is 63.8 Å². The molecule has 180 valence electrons. The molecule has 0 unspecified atom stereocenters. The van der Waals surface area contributed by atoms with Gasteiger partial charge in [0.25, 0.3) is 11.6 Å². The Hall–Kier alpha value is -3.84. The van der Waals surface area contributed by atoms with Gasteiger partial charge in [-0.25, -0.2) is 0 Å². The number of halogens is 2. The quantitative estimate of drug-likeness (QED) is 0.179. The standard InChI is InChI=1S/C25H16Cl2N4O4S/c26-16-4-8-18(9-5-16)29-23(32)21(14-28)25-30(19-10-6-17(27)7-11-19)24(33)22(36-25)13-15-2-1-3-20(12-15)31(34)35/h1-12,22H,13H2,(H,29,32)/b25-21-/t22-/m0/s1. The van der Waals surface area contributed by atoms with Crippen LogP contribution in [0.25, 0.3) is 0 Å². The third-order valence-electron chi connectivity index (χ3n) is 5.23. The van der Waals surface area contributed by atoms with Crippen LogP contribution in [0.1, 0.15) is 5.56 Å². The highest BCUT2D eigenvalue weighted by Crippen LogP contribution is 2.42. The first-order valence-electron chi connectivity index (χ1n) is 10.5. The number of nitriles is 1. The zero-order valence-electron chi connectivity index (χ0n) is 18.4. The van der Waals surface area contributed by atoms with E-state index in [1.54, 1.807) is 60.7 Å². The molecule has 1 aliphatic heterocycles. The van der Waals surface area contributed by atoms with Crippen LogP contribution in [0.15, 0.2) is 83.4 Å². The lowest BCUT2D eigenvalue weighted by molar-refractivity contribution is -0.384. The second-order valence-electron chi connectivity index (χ2n) is 7.64. The molecule has 0 saturated carbocycles. The number of nitrogens with zero attached hydrogens (tertiary/aromatic N) is 3. The highest BCUT2D eigenvalue weighted by atomic mass is 35.5. The molecule has 1 saturated heterocycles. The monoisotopic (exact) mass is 538 g/mol. The van der Waals surface area contributed by atoms with Gasteiger partial charge in [0, 0.05) is 33.6 Å². The summed E-state index contributed by atoms with van der Waals surface area (Å²) >= 11 is 13.0. The van der Waals surface area contributed by atoms with Crippen molar-refractivity contribution in [2.24, 2.45) is 0 Å². The number of carbonyl (C=O) groups excluding carboxylic acids is 2. The minimum Gasteiger partial charge on any atom is -0.321 e. The maximum atomic E-state index is 13.5. The molecule has 0 aliphatic carbocycles. The molecule has 3 aromatic carbocycles. The van der Waals surface area contributed by atoms with Gasteiger partial charge in [-0.3, -0.25) is 24.6 Å². The number of amides is 2. The number of rotatable bonds is 6. The Balaban J connectivity index is 1.72. The van der Waals surface area contributed by atoms with E-state index >= 15 is 0 Å². The predicted molar refractivity (Wildman–Crippen MR) is 140 cm³/mol. The number of nitro groups is 1. The van der Waals surface area contributed by atoms with Crippen LogP contribution >= 0.6 is 35.0 Å². The van der Waals surface area contributed by atoms with Crippen molar-refractivity contribution in [3.05, 3.63) is 109 Å². The van der Waals surface area contributed by atoms with Crippen LogP contribution in [0.4, 0.5) is 17.1 Å². The average molecular weight is 539 g/mol. The maximum Gasteiger partial charge on any atom is 0.269 e. The Morgan fingerprint density at radius 2 is 1.72 bits per heavy atom. The summed E-state index contributed by atoms with van der Waals surface area (Å²) in [4.78, 5) is 38.5. The molecule has 0 spiro atoms. The van der Waals surface area contributed by atoms with E-state index in [2.05, 4.69) is 5.32 Å². The number of thioether (sulfide) groups is 1. The molecule has 1 N–H and O–H groups in total. The van der Waals surface area contributed by atoms with Gasteiger partial charge in [0.2, 0.25) is 5.91 Å². The van der Waals surface area contributed by atoms with E-state index in [4.69, 9.17) is 23.2 Å². The van der Waals surface area contributed by atoms with E-state index in [1.165, 1.54) is 17.0 Å². The topological polar surface area (TPSA) is 116 Å². The SMILES string of the molecule is N#C/C(C(=O)Nc1ccc(Cl)cc1)=C1/S[C@@H](Cc2cccc([N+](=O)[O-])c2)C(=O)N1c1ccc(Cl)cc1. The second kappa shape index (κ2) is 10.8. The molecule has 3 aromatic rings. The van der Waals surface area contributed by atoms with Gasteiger partial charge in [-0.1, -0.05) is 47.1 Å². The Morgan fingerprint density at radius 1 is 1.08 bits per heavy atom. The lowest BCUT2D eigenvalue weighted by atomic mass is 10.1. The Morgan fingerprint density at radius 3 is 2.33 bits per heavy atom. The summed E-state index contributed by atoms with van der Waals surface area (Å²) in [7, 11) is 0. The Labute approximate surface area is 220 Å². The summed E-state index contributed by atoms with van der Waals surface area (Å²) in [5.74, 6) is -1.05. The van der Waals surface area contributed by atoms with E-state index in [0.29, 0.717) is 27.0 Å². The van der Waals surface area contributed by atoms with Crippen molar-refractivity contribution in [1.29, 1.82) is 5.26 Å². The van der Waals surface area contributed by atoms with Crippen molar-refractivity contribution in [2.75, 3.05) is 10.2 Å². The minimum atomic E-state index is -0.718. The Bertz CT molecular complexity index is 1420. The van der Waals surface area contributed by atoms with Crippen LogP contribution < -0.4 is 10.2 Å². The molecule has 1 atom stereocenters. The van der Waals surface area contributed by atoms with E-state index in [0.717, 1.165) is 11.8 Å². The van der Waals surface area contributed by atoms with Gasteiger partial charge in [-0.05, 0) is 60.5 Å². The number of anilines is 2. The minimum absolute atomic E-state index is 0.0895. The van der Waals surface area contributed by atoms with Gasteiger partial charge in [0.05, 0.1) is 10.2 Å². The molecule has 8 nitrogen and oxygen atoms in total. The van der Waals surface area contributed by atoms with Crippen molar-refractivity contribution in [2.45, 2.75) is 11.7 Å². The van der Waals surface area contributed by atoms with Gasteiger partial charge in [0.15, 0.2) is 0 Å². The number of nitrogens with one attached hydrogen (secondary N) is 1. The number of hydrogen-bond donors (Lipinski definition) is 1. The number of nitro benzene ring substituents is 1. The summed E-state index contributed by atoms with van der Waals surface area (Å²) in [5.41, 5.74) is 1.10. The fourth-order valence-corrected chi connectivity index (χ4v) is 5.11. The summed E-state index contributed by atoms with van der Waals surface area (Å²) in [6, 6.07) is 20.7. The van der Waals surface area contributed by atoms with Gasteiger partial charge in [0.1, 0.15) is 16.7 Å². The molecule has 1 aliphatic rings. The third-order valence-corrected chi connectivity index (χ3v) is 7.00. The molecular weight excluding hydrogens is 523 g/mol. The zero-order valence-corrected chi connectivity index (χ0v) is 20.7. The van der Waals surface area contributed by atoms with E-state index in [1.807, 2.05) is 6.07 Å². The molecular formula is C25H16Cl2N4O4S. The average Bonchev–Trinajstić information content (AvgIpc) is 3.17. The molecule has 11 heteroatoms. The molecule has 0 bridgehead atoms. The van der Waals surface area contributed by atoms with Crippen LogP contribution in [-0.4, -0.2) is 22.0 Å². The van der Waals surface area contributed by atoms with Crippen molar-refractivity contribution < 1.29 is 14.5 Å². The molecule has 0 radical (unpaired) electrons. The number of benzene rings is 3. The smallest absolute Gasteiger partial charge is 0.269 e. The van der Waals surface area contributed by atoms with Crippen LogP contribution in [0.2, 0.25) is 10.0 Å². The van der Waals surface area contributed by atoms with E-state index in [9.17, 15) is 25.0 Å². The third kappa shape index (κ3) is 5.52. The summed E-state index contributed by atoms with van der Waals surface area (Å²) < 4.78 is 0. The van der Waals surface area contributed by atoms with E-state index in [-0.39, 0.29) is 28.6 Å². The predicted octanol–water partition coefficient (Wildman–Crippen LogP) is 5.97. The number of non-ortho nitro benzene ring substituents is 1. The Kier molecular flexibility index (Phi) is 7.60. The number of hydrogen-bond acceptors (Lipinski definition) is 6. The molecule has 1 fully saturated rings. The lowest BCUT2D eigenvalue weighted by Gasteiger charge is -2.19. The molecule has 36 heavy (non-hydrogen) atoms. The largest absolute Gasteiger partial charge is 0.321 e. The first-order valence-corrected chi connectivity index (χ1v) is 12.1. The maximum absolute atomic E-state index is 13.5. The van der Waals surface area contributed by atoms with E-state index < -0.39 is 16.1 Å². The van der Waals surface area contributed by atoms with Crippen molar-refractivity contribution in [3.8, 4) is 6.07 Å². The highest BCUT2D eigenvalue weighted by molar-refractivity contribution is 8.05. The molecule has 2 amide bonds. The van der Waals surface area contributed by atoms with Gasteiger partial charge in [-0.15, -0.1) is 0 Å². The zero-order chi connectivity index (χ0) is 25.8. The summed E-state index contributed by atoms with van der Waals surface area (Å²) in [5, 5.41) is 24.1. The molecule has 0 aromatic heterocycles. The van der Waals surface area contributed by atoms with Crippen molar-refractivity contribution in [1.82, 2.24) is 0 Å². The van der Waals surface area contributed by atoms with Crippen LogP contribution in [-0.2, 0) is 16.0 Å². The summed E-state index contributed by atoms with van der Waals surface area (Å²) in [6.07, 6.45) is 0.163. The second-order valence-corrected chi connectivity index (χ2v) is 9.70. The van der Waals surface area contributed by atoms with Crippen molar-refractivity contribution in [3.63, 3.8) is 0 Å². The first-order chi connectivity index (χ1) is 17.3.